The van der Waals surface area contributed by atoms with Gasteiger partial charge in [-0.3, -0.25) is 0 Å². The van der Waals surface area contributed by atoms with Crippen LogP contribution in [-0.4, -0.2) is 6.61 Å². The summed E-state index contributed by atoms with van der Waals surface area (Å²) in [6.45, 7) is 9.52. The fraction of sp³-hybridized carbons (Fsp3) is 0.529. The van der Waals surface area contributed by atoms with Gasteiger partial charge in [-0.15, -0.1) is 0 Å². The number of aryl methyl sites for hydroxylation is 2. The second-order valence-electron chi connectivity index (χ2n) is 5.72. The van der Waals surface area contributed by atoms with E-state index in [0.29, 0.717) is 5.92 Å². The number of benzene rings is 1. The van der Waals surface area contributed by atoms with Gasteiger partial charge < -0.3 is 9.15 Å². The van der Waals surface area contributed by atoms with Gasteiger partial charge in [0.1, 0.15) is 5.58 Å². The Morgan fingerprint density at radius 1 is 1.32 bits per heavy atom. The summed E-state index contributed by atoms with van der Waals surface area (Å²) in [4.78, 5) is 0. The monoisotopic (exact) mass is 258 g/mol. The summed E-state index contributed by atoms with van der Waals surface area (Å²) >= 11 is 0. The molecule has 0 bridgehead atoms. The lowest BCUT2D eigenvalue weighted by Gasteiger charge is -2.31. The summed E-state index contributed by atoms with van der Waals surface area (Å²) in [6.07, 6.45) is 4.43. The van der Waals surface area contributed by atoms with E-state index in [2.05, 4.69) is 33.8 Å². The minimum atomic E-state index is 0.240. The van der Waals surface area contributed by atoms with Crippen molar-refractivity contribution in [3.63, 3.8) is 0 Å². The topological polar surface area (TPSA) is 22.4 Å². The normalized spacial score (nSPS) is 22.7. The van der Waals surface area contributed by atoms with E-state index >= 15 is 0 Å². The Morgan fingerprint density at radius 3 is 2.84 bits per heavy atom. The first kappa shape index (κ1) is 12.7. The van der Waals surface area contributed by atoms with Crippen molar-refractivity contribution in [1.29, 1.82) is 0 Å². The summed E-state index contributed by atoms with van der Waals surface area (Å²) in [5.74, 6) is 0.616. The first-order chi connectivity index (χ1) is 9.13. The number of hydrogen-bond acceptors (Lipinski definition) is 2. The maximum atomic E-state index is 5.93. The Morgan fingerprint density at radius 2 is 2.11 bits per heavy atom. The predicted molar refractivity (Wildman–Crippen MR) is 77.7 cm³/mol. The molecule has 1 aromatic carbocycles. The standard InChI is InChI=1S/C17H22O2/c1-5-18-14-7-6-10(2)16-12(4)17-11(3)9-19-15(17)8-13(14)16/h8-10,14H,5-7H2,1-4H3. The number of hydrogen-bond donors (Lipinski definition) is 0. The van der Waals surface area contributed by atoms with E-state index in [1.54, 1.807) is 0 Å². The van der Waals surface area contributed by atoms with Gasteiger partial charge in [0.05, 0.1) is 12.4 Å². The molecule has 1 heterocycles. The molecular formula is C17H22O2. The fourth-order valence-corrected chi connectivity index (χ4v) is 3.62. The molecule has 2 nitrogen and oxygen atoms in total. The molecule has 0 radical (unpaired) electrons. The van der Waals surface area contributed by atoms with Crippen molar-refractivity contribution in [3.05, 3.63) is 34.6 Å². The Kier molecular flexibility index (Phi) is 3.14. The van der Waals surface area contributed by atoms with E-state index in [9.17, 15) is 0 Å². The molecule has 3 rings (SSSR count). The van der Waals surface area contributed by atoms with Gasteiger partial charge in [0.25, 0.3) is 0 Å². The van der Waals surface area contributed by atoms with Gasteiger partial charge in [-0.1, -0.05) is 6.92 Å². The second kappa shape index (κ2) is 4.68. The molecule has 0 fully saturated rings. The first-order valence-corrected chi connectivity index (χ1v) is 7.26. The molecule has 2 heteroatoms. The highest BCUT2D eigenvalue weighted by molar-refractivity contribution is 5.86. The summed E-state index contributed by atoms with van der Waals surface area (Å²) in [5.41, 5.74) is 6.46. The van der Waals surface area contributed by atoms with E-state index in [1.807, 2.05) is 6.26 Å². The number of rotatable bonds is 2. The van der Waals surface area contributed by atoms with E-state index in [4.69, 9.17) is 9.15 Å². The van der Waals surface area contributed by atoms with Crippen molar-refractivity contribution in [2.24, 2.45) is 0 Å². The molecule has 2 unspecified atom stereocenters. The number of fused-ring (bicyclic) bond motifs is 2. The quantitative estimate of drug-likeness (QED) is 0.754. The fourth-order valence-electron chi connectivity index (χ4n) is 3.62. The molecule has 1 aliphatic rings. The SMILES string of the molecule is CCOC1CCC(C)c2c1cc1occ(C)c1c2C. The Bertz CT molecular complexity index is 609. The lowest BCUT2D eigenvalue weighted by molar-refractivity contribution is 0.0476. The Balaban J connectivity index is 2.26. The molecule has 1 aliphatic carbocycles. The van der Waals surface area contributed by atoms with E-state index in [1.165, 1.54) is 34.1 Å². The molecule has 2 aromatic rings. The highest BCUT2D eigenvalue weighted by Gasteiger charge is 2.28. The van der Waals surface area contributed by atoms with Crippen LogP contribution in [0.1, 0.15) is 61.0 Å². The molecule has 2 atom stereocenters. The second-order valence-corrected chi connectivity index (χ2v) is 5.72. The van der Waals surface area contributed by atoms with Crippen molar-refractivity contribution in [1.82, 2.24) is 0 Å². The van der Waals surface area contributed by atoms with Crippen LogP contribution in [-0.2, 0) is 4.74 Å². The summed E-state index contributed by atoms with van der Waals surface area (Å²) in [7, 11) is 0. The molecule has 0 amide bonds. The molecule has 0 saturated heterocycles. The van der Waals surface area contributed by atoms with Crippen LogP contribution in [0.3, 0.4) is 0 Å². The summed E-state index contributed by atoms with van der Waals surface area (Å²) < 4.78 is 11.6. The van der Waals surface area contributed by atoms with E-state index in [0.717, 1.165) is 18.6 Å². The minimum absolute atomic E-state index is 0.240. The van der Waals surface area contributed by atoms with Crippen LogP contribution in [0.4, 0.5) is 0 Å². The van der Waals surface area contributed by atoms with Gasteiger partial charge in [0.15, 0.2) is 0 Å². The molecular weight excluding hydrogens is 236 g/mol. The lowest BCUT2D eigenvalue weighted by Crippen LogP contribution is -2.16. The third-order valence-corrected chi connectivity index (χ3v) is 4.45. The van der Waals surface area contributed by atoms with Crippen LogP contribution < -0.4 is 0 Å². The van der Waals surface area contributed by atoms with E-state index in [-0.39, 0.29) is 6.10 Å². The highest BCUT2D eigenvalue weighted by atomic mass is 16.5. The minimum Gasteiger partial charge on any atom is -0.464 e. The van der Waals surface area contributed by atoms with Crippen LogP contribution in [0.5, 0.6) is 0 Å². The van der Waals surface area contributed by atoms with Gasteiger partial charge in [-0.2, -0.15) is 0 Å². The van der Waals surface area contributed by atoms with Crippen LogP contribution in [0.2, 0.25) is 0 Å². The molecule has 1 aromatic heterocycles. The first-order valence-electron chi connectivity index (χ1n) is 7.26. The van der Waals surface area contributed by atoms with Crippen LogP contribution >= 0.6 is 0 Å². The van der Waals surface area contributed by atoms with Gasteiger partial charge in [-0.25, -0.2) is 0 Å². The Hall–Kier alpha value is -1.28. The van der Waals surface area contributed by atoms with Crippen molar-refractivity contribution >= 4 is 11.0 Å². The van der Waals surface area contributed by atoms with Gasteiger partial charge in [0.2, 0.25) is 0 Å². The Labute approximate surface area is 114 Å². The maximum absolute atomic E-state index is 5.93. The van der Waals surface area contributed by atoms with Gasteiger partial charge >= 0.3 is 0 Å². The van der Waals surface area contributed by atoms with Crippen molar-refractivity contribution in [2.45, 2.75) is 52.6 Å². The molecule has 0 aliphatic heterocycles. The average Bonchev–Trinajstić information content (AvgIpc) is 2.75. The van der Waals surface area contributed by atoms with Gasteiger partial charge in [-0.05, 0) is 67.9 Å². The number of furan rings is 1. The zero-order valence-corrected chi connectivity index (χ0v) is 12.2. The van der Waals surface area contributed by atoms with Crippen LogP contribution in [0.15, 0.2) is 16.7 Å². The van der Waals surface area contributed by atoms with Crippen molar-refractivity contribution in [3.8, 4) is 0 Å². The molecule has 19 heavy (non-hydrogen) atoms. The predicted octanol–water partition coefficient (Wildman–Crippen LogP) is 5.02. The molecule has 0 N–H and O–H groups in total. The third-order valence-electron chi connectivity index (χ3n) is 4.45. The van der Waals surface area contributed by atoms with Crippen LogP contribution in [0.25, 0.3) is 11.0 Å². The highest BCUT2D eigenvalue weighted by Crippen LogP contribution is 2.44. The molecule has 0 saturated carbocycles. The third kappa shape index (κ3) is 1.90. The summed E-state index contributed by atoms with van der Waals surface area (Å²) in [5, 5.41) is 1.29. The zero-order valence-electron chi connectivity index (χ0n) is 12.2. The molecule has 102 valence electrons. The van der Waals surface area contributed by atoms with Gasteiger partial charge in [0, 0.05) is 12.0 Å². The van der Waals surface area contributed by atoms with Crippen molar-refractivity contribution in [2.75, 3.05) is 6.61 Å². The lowest BCUT2D eigenvalue weighted by atomic mass is 9.78. The molecule has 0 spiro atoms. The maximum Gasteiger partial charge on any atom is 0.134 e. The van der Waals surface area contributed by atoms with Crippen molar-refractivity contribution < 1.29 is 9.15 Å². The summed E-state index contributed by atoms with van der Waals surface area (Å²) in [6, 6.07) is 2.21. The largest absolute Gasteiger partial charge is 0.464 e. The van der Waals surface area contributed by atoms with Crippen LogP contribution in [0, 0.1) is 13.8 Å². The average molecular weight is 258 g/mol. The number of ether oxygens (including phenoxy) is 1. The zero-order chi connectivity index (χ0) is 13.6. The van der Waals surface area contributed by atoms with E-state index < -0.39 is 0 Å². The smallest absolute Gasteiger partial charge is 0.134 e.